The van der Waals surface area contributed by atoms with E-state index in [1.54, 1.807) is 0 Å². The molecule has 132 valence electrons. The Hall–Kier alpha value is -0.490. The number of aliphatic hydroxyl groups excluding tert-OH is 4. The van der Waals surface area contributed by atoms with Gasteiger partial charge >= 0.3 is 0 Å². The summed E-state index contributed by atoms with van der Waals surface area (Å²) in [5, 5.41) is 37.8. The van der Waals surface area contributed by atoms with Gasteiger partial charge in [-0.15, -0.1) is 0 Å². The van der Waals surface area contributed by atoms with E-state index in [4.69, 9.17) is 5.11 Å². The van der Waals surface area contributed by atoms with Crippen LogP contribution in [-0.2, 0) is 4.79 Å². The minimum Gasteiger partial charge on any atom is -0.391 e. The normalized spacial score (nSPS) is 17.0. The Bertz CT molecular complexity index is 280. The van der Waals surface area contributed by atoms with Crippen LogP contribution in [-0.4, -0.2) is 50.6 Å². The zero-order valence-electron chi connectivity index (χ0n) is 14.1. The summed E-state index contributed by atoms with van der Waals surface area (Å²) in [5.41, 5.74) is 0. The van der Waals surface area contributed by atoms with E-state index >= 15 is 0 Å². The van der Waals surface area contributed by atoms with Gasteiger partial charge < -0.3 is 20.4 Å². The van der Waals surface area contributed by atoms with Gasteiger partial charge in [-0.05, 0) is 13.3 Å². The first-order chi connectivity index (χ1) is 10.4. The number of Topliss-reactive ketones (excluding diaryl/α,β-unsaturated/α-hetero) is 1. The standard InChI is InChI=1S/C17H34O5/c1-3-4-5-6-7-8-9-10-11-12-14(19)16(21)17(22)15(20)13(2)18/h13,15-18,20-22H,3-12H2,1-2H3/t13-,15-,16-,17+/m0/s1. The van der Waals surface area contributed by atoms with Gasteiger partial charge in [0.2, 0.25) is 0 Å². The number of ketones is 1. The molecule has 0 aliphatic rings. The zero-order valence-corrected chi connectivity index (χ0v) is 14.1. The summed E-state index contributed by atoms with van der Waals surface area (Å²) in [4.78, 5) is 11.7. The highest BCUT2D eigenvalue weighted by Crippen LogP contribution is 2.13. The zero-order chi connectivity index (χ0) is 17.0. The molecule has 0 bridgehead atoms. The molecular weight excluding hydrogens is 284 g/mol. The number of carbonyl (C=O) groups excluding carboxylic acids is 1. The number of hydrogen-bond acceptors (Lipinski definition) is 5. The average molecular weight is 318 g/mol. The lowest BCUT2D eigenvalue weighted by atomic mass is 9.97. The molecule has 0 aromatic rings. The Morgan fingerprint density at radius 1 is 0.773 bits per heavy atom. The Labute approximate surface area is 134 Å². The van der Waals surface area contributed by atoms with Crippen molar-refractivity contribution in [3.8, 4) is 0 Å². The molecule has 4 N–H and O–H groups in total. The van der Waals surface area contributed by atoms with E-state index in [0.717, 1.165) is 12.8 Å². The molecule has 5 nitrogen and oxygen atoms in total. The predicted molar refractivity (Wildman–Crippen MR) is 86.6 cm³/mol. The van der Waals surface area contributed by atoms with Crippen LogP contribution in [0.1, 0.15) is 78.1 Å². The Kier molecular flexibility index (Phi) is 12.7. The fourth-order valence-corrected chi connectivity index (χ4v) is 2.42. The van der Waals surface area contributed by atoms with Gasteiger partial charge in [-0.1, -0.05) is 58.3 Å². The molecule has 0 fully saturated rings. The van der Waals surface area contributed by atoms with Crippen LogP contribution < -0.4 is 0 Å². The molecule has 4 atom stereocenters. The molecule has 0 aromatic carbocycles. The summed E-state index contributed by atoms with van der Waals surface area (Å²) in [6.45, 7) is 3.49. The third-order valence-corrected chi connectivity index (χ3v) is 4.02. The minimum atomic E-state index is -1.63. The third-order valence-electron chi connectivity index (χ3n) is 4.02. The second kappa shape index (κ2) is 13.0. The van der Waals surface area contributed by atoms with Gasteiger partial charge in [-0.25, -0.2) is 0 Å². The van der Waals surface area contributed by atoms with Crippen molar-refractivity contribution in [2.45, 2.75) is 102 Å². The van der Waals surface area contributed by atoms with Crippen LogP contribution in [0.2, 0.25) is 0 Å². The molecule has 0 aliphatic heterocycles. The molecule has 5 heteroatoms. The lowest BCUT2D eigenvalue weighted by Gasteiger charge is -2.23. The Morgan fingerprint density at radius 3 is 1.68 bits per heavy atom. The second-order valence-electron chi connectivity index (χ2n) is 6.21. The van der Waals surface area contributed by atoms with Gasteiger partial charge in [0.25, 0.3) is 0 Å². The molecule has 0 saturated carbocycles. The predicted octanol–water partition coefficient (Wildman–Crippen LogP) is 1.94. The van der Waals surface area contributed by atoms with Gasteiger partial charge in [0.05, 0.1) is 6.10 Å². The van der Waals surface area contributed by atoms with Gasteiger partial charge in [-0.3, -0.25) is 4.79 Å². The Morgan fingerprint density at radius 2 is 1.23 bits per heavy atom. The quantitative estimate of drug-likeness (QED) is 0.367. The maximum Gasteiger partial charge on any atom is 0.164 e. The largest absolute Gasteiger partial charge is 0.391 e. The van der Waals surface area contributed by atoms with Crippen molar-refractivity contribution < 1.29 is 25.2 Å². The van der Waals surface area contributed by atoms with E-state index in [2.05, 4.69) is 6.92 Å². The van der Waals surface area contributed by atoms with Crippen molar-refractivity contribution in [1.29, 1.82) is 0 Å². The van der Waals surface area contributed by atoms with Crippen LogP contribution in [0.3, 0.4) is 0 Å². The van der Waals surface area contributed by atoms with E-state index in [1.165, 1.54) is 45.4 Å². The highest BCUT2D eigenvalue weighted by Gasteiger charge is 2.31. The summed E-state index contributed by atoms with van der Waals surface area (Å²) >= 11 is 0. The number of rotatable bonds is 14. The Balaban J connectivity index is 3.68. The molecule has 0 unspecified atom stereocenters. The lowest BCUT2D eigenvalue weighted by molar-refractivity contribution is -0.143. The van der Waals surface area contributed by atoms with Crippen molar-refractivity contribution in [3.05, 3.63) is 0 Å². The van der Waals surface area contributed by atoms with Crippen molar-refractivity contribution in [3.63, 3.8) is 0 Å². The molecule has 0 amide bonds. The highest BCUT2D eigenvalue weighted by molar-refractivity contribution is 5.83. The van der Waals surface area contributed by atoms with Crippen molar-refractivity contribution in [2.24, 2.45) is 0 Å². The fraction of sp³-hybridized carbons (Fsp3) is 0.941. The number of hydrogen-bond donors (Lipinski definition) is 4. The van der Waals surface area contributed by atoms with Gasteiger partial charge in [0, 0.05) is 6.42 Å². The topological polar surface area (TPSA) is 98.0 Å². The summed E-state index contributed by atoms with van der Waals surface area (Å²) in [5.74, 6) is -0.477. The molecule has 0 radical (unpaired) electrons. The lowest BCUT2D eigenvalue weighted by Crippen LogP contribution is -2.46. The van der Waals surface area contributed by atoms with E-state index in [-0.39, 0.29) is 6.42 Å². The molecule has 0 aliphatic carbocycles. The van der Waals surface area contributed by atoms with E-state index in [9.17, 15) is 20.1 Å². The maximum atomic E-state index is 11.7. The van der Waals surface area contributed by atoms with Gasteiger partial charge in [0.15, 0.2) is 5.78 Å². The van der Waals surface area contributed by atoms with Crippen LogP contribution in [0, 0.1) is 0 Å². The van der Waals surface area contributed by atoms with Crippen molar-refractivity contribution in [1.82, 2.24) is 0 Å². The van der Waals surface area contributed by atoms with Gasteiger partial charge in [0.1, 0.15) is 18.3 Å². The van der Waals surface area contributed by atoms with E-state index < -0.39 is 30.2 Å². The average Bonchev–Trinajstić information content (AvgIpc) is 2.50. The van der Waals surface area contributed by atoms with Crippen molar-refractivity contribution in [2.75, 3.05) is 0 Å². The molecular formula is C17H34O5. The van der Waals surface area contributed by atoms with Crippen LogP contribution in [0.25, 0.3) is 0 Å². The first-order valence-electron chi connectivity index (χ1n) is 8.66. The number of unbranched alkanes of at least 4 members (excludes halogenated alkanes) is 8. The molecule has 0 saturated heterocycles. The molecule has 0 aromatic heterocycles. The SMILES string of the molecule is CCCCCCCCCCCC(=O)[C@H](O)[C@H](O)[C@@H](O)[C@H](C)O. The second-order valence-corrected chi connectivity index (χ2v) is 6.21. The van der Waals surface area contributed by atoms with Crippen LogP contribution in [0.15, 0.2) is 0 Å². The van der Waals surface area contributed by atoms with E-state index in [0.29, 0.717) is 6.42 Å². The third kappa shape index (κ3) is 9.51. The number of aliphatic hydroxyl groups is 4. The molecule has 22 heavy (non-hydrogen) atoms. The summed E-state index contributed by atoms with van der Waals surface area (Å²) in [6, 6.07) is 0. The van der Waals surface area contributed by atoms with Crippen LogP contribution in [0.4, 0.5) is 0 Å². The molecule has 0 spiro atoms. The summed E-state index contributed by atoms with van der Waals surface area (Å²) < 4.78 is 0. The minimum absolute atomic E-state index is 0.195. The van der Waals surface area contributed by atoms with Crippen LogP contribution in [0.5, 0.6) is 0 Å². The smallest absolute Gasteiger partial charge is 0.164 e. The van der Waals surface area contributed by atoms with Crippen LogP contribution >= 0.6 is 0 Å². The maximum absolute atomic E-state index is 11.7. The van der Waals surface area contributed by atoms with Gasteiger partial charge in [-0.2, -0.15) is 0 Å². The summed E-state index contributed by atoms with van der Waals surface area (Å²) in [7, 11) is 0. The number of carbonyl (C=O) groups is 1. The molecule has 0 rings (SSSR count). The molecule has 0 heterocycles. The monoisotopic (exact) mass is 318 g/mol. The first kappa shape index (κ1) is 21.5. The highest BCUT2D eigenvalue weighted by atomic mass is 16.4. The first-order valence-corrected chi connectivity index (χ1v) is 8.66. The summed E-state index contributed by atoms with van der Waals surface area (Å²) in [6.07, 6.45) is 4.45. The fourth-order valence-electron chi connectivity index (χ4n) is 2.42. The van der Waals surface area contributed by atoms with E-state index in [1.807, 2.05) is 0 Å². The van der Waals surface area contributed by atoms with Crippen molar-refractivity contribution >= 4 is 5.78 Å².